The molecule has 5 rings (SSSR count). The highest BCUT2D eigenvalue weighted by Gasteiger charge is 2.13. The van der Waals surface area contributed by atoms with Crippen molar-refractivity contribution >= 4 is 24.3 Å². The minimum Gasteiger partial charge on any atom is -0.0538 e. The van der Waals surface area contributed by atoms with Gasteiger partial charge in [0.15, 0.2) is 0 Å². The van der Waals surface area contributed by atoms with E-state index in [9.17, 15) is 0 Å². The number of aryl methyl sites for hydroxylation is 2. The summed E-state index contributed by atoms with van der Waals surface area (Å²) in [6, 6.07) is 18.2. The first-order valence-electron chi connectivity index (χ1n) is 8.45. The molecule has 0 unspecified atom stereocenters. The average Bonchev–Trinajstić information content (AvgIpc) is 2.52. The van der Waals surface area contributed by atoms with Crippen LogP contribution < -0.4 is 0 Å². The molecule has 24 heavy (non-hydrogen) atoms. The lowest BCUT2D eigenvalue weighted by Gasteiger charge is -2.17. The molecular weight excluding hydrogens is 288 g/mol. The van der Waals surface area contributed by atoms with Gasteiger partial charge in [-0.25, -0.2) is 0 Å². The molecule has 0 aromatic heterocycles. The Morgan fingerprint density at radius 1 is 0.458 bits per heavy atom. The van der Waals surface area contributed by atoms with Crippen molar-refractivity contribution in [1.82, 2.24) is 0 Å². The van der Waals surface area contributed by atoms with E-state index in [2.05, 4.69) is 86.7 Å². The van der Waals surface area contributed by atoms with Crippen molar-refractivity contribution in [1.29, 1.82) is 0 Å². The summed E-state index contributed by atoms with van der Waals surface area (Å²) in [4.78, 5) is 0. The summed E-state index contributed by atoms with van der Waals surface area (Å²) < 4.78 is 0. The van der Waals surface area contributed by atoms with E-state index < -0.39 is 0 Å². The summed E-state index contributed by atoms with van der Waals surface area (Å²) in [7, 11) is 0. The molecular formula is C24H18. The van der Waals surface area contributed by atoms with Crippen LogP contribution in [0.5, 0.6) is 0 Å². The third-order valence-electron chi connectivity index (χ3n) is 5.25. The molecule has 3 aromatic rings. The van der Waals surface area contributed by atoms with E-state index >= 15 is 0 Å². The van der Waals surface area contributed by atoms with Crippen LogP contribution >= 0.6 is 0 Å². The first-order valence-corrected chi connectivity index (χ1v) is 8.45. The van der Waals surface area contributed by atoms with E-state index in [0.29, 0.717) is 0 Å². The molecule has 0 saturated heterocycles. The van der Waals surface area contributed by atoms with Crippen LogP contribution in [0.1, 0.15) is 33.4 Å². The molecule has 0 atom stereocenters. The number of rotatable bonds is 2. The minimum absolute atomic E-state index is 1.31. The van der Waals surface area contributed by atoms with E-state index in [1.165, 1.54) is 55.6 Å². The van der Waals surface area contributed by atoms with Gasteiger partial charge in [0.1, 0.15) is 0 Å². The predicted molar refractivity (Wildman–Crippen MR) is 105 cm³/mol. The smallest absolute Gasteiger partial charge is 0.0151 e. The van der Waals surface area contributed by atoms with Crippen LogP contribution in [0.4, 0.5) is 0 Å². The van der Waals surface area contributed by atoms with Crippen molar-refractivity contribution in [2.45, 2.75) is 13.8 Å². The van der Waals surface area contributed by atoms with E-state index in [-0.39, 0.29) is 0 Å². The molecule has 0 heterocycles. The SMILES string of the molecule is Cc1cc(-c2ccc3c(c2)C=C3)c(C)cc1-c1ccc2c(c1)C=C2. The zero-order valence-corrected chi connectivity index (χ0v) is 13.9. The van der Waals surface area contributed by atoms with Gasteiger partial charge in [-0.2, -0.15) is 0 Å². The van der Waals surface area contributed by atoms with Gasteiger partial charge in [0, 0.05) is 0 Å². The summed E-state index contributed by atoms with van der Waals surface area (Å²) in [6.07, 6.45) is 8.70. The molecule has 0 saturated carbocycles. The van der Waals surface area contributed by atoms with Crippen LogP contribution in [0, 0.1) is 13.8 Å². The quantitative estimate of drug-likeness (QED) is 0.344. The van der Waals surface area contributed by atoms with Crippen LogP contribution in [-0.4, -0.2) is 0 Å². The number of hydrogen-bond donors (Lipinski definition) is 0. The van der Waals surface area contributed by atoms with E-state index in [1.807, 2.05) is 0 Å². The second-order valence-corrected chi connectivity index (χ2v) is 6.84. The molecule has 114 valence electrons. The van der Waals surface area contributed by atoms with Gasteiger partial charge in [0.05, 0.1) is 0 Å². The maximum Gasteiger partial charge on any atom is -0.0151 e. The third kappa shape index (κ3) is 1.93. The average molecular weight is 306 g/mol. The summed E-state index contributed by atoms with van der Waals surface area (Å²) in [5.74, 6) is 0. The highest BCUT2D eigenvalue weighted by atomic mass is 14.2. The van der Waals surface area contributed by atoms with Crippen LogP contribution in [0.15, 0.2) is 48.5 Å². The summed E-state index contributed by atoms with van der Waals surface area (Å²) in [5, 5.41) is 0. The summed E-state index contributed by atoms with van der Waals surface area (Å²) >= 11 is 0. The Morgan fingerprint density at radius 3 is 1.21 bits per heavy atom. The Kier molecular flexibility index (Phi) is 2.72. The number of benzene rings is 3. The highest BCUT2D eigenvalue weighted by Crippen LogP contribution is 2.36. The fourth-order valence-electron chi connectivity index (χ4n) is 3.68. The fraction of sp³-hybridized carbons (Fsp3) is 0.0833. The van der Waals surface area contributed by atoms with Gasteiger partial charge >= 0.3 is 0 Å². The standard InChI is InChI=1S/C24H18/c1-15-11-24(22-10-6-18-4-8-20(18)14-22)16(2)12-23(15)21-9-5-17-3-7-19(17)13-21/h3-14H,1-2H3. The van der Waals surface area contributed by atoms with Gasteiger partial charge in [-0.15, -0.1) is 0 Å². The minimum atomic E-state index is 1.31. The lowest BCUT2D eigenvalue weighted by molar-refractivity contribution is 1.38. The first-order chi connectivity index (χ1) is 11.7. The van der Waals surface area contributed by atoms with Crippen molar-refractivity contribution in [2.75, 3.05) is 0 Å². The van der Waals surface area contributed by atoms with Gasteiger partial charge in [-0.05, 0) is 81.6 Å². The van der Waals surface area contributed by atoms with Crippen molar-refractivity contribution in [3.63, 3.8) is 0 Å². The molecule has 0 heteroatoms. The first kappa shape index (κ1) is 13.6. The largest absolute Gasteiger partial charge is 0.0538 e. The van der Waals surface area contributed by atoms with Crippen molar-refractivity contribution < 1.29 is 0 Å². The summed E-state index contributed by atoms with van der Waals surface area (Å²) in [6.45, 7) is 4.43. The Bertz CT molecular complexity index is 974. The third-order valence-corrected chi connectivity index (χ3v) is 5.25. The fourth-order valence-corrected chi connectivity index (χ4v) is 3.68. The van der Waals surface area contributed by atoms with Gasteiger partial charge in [0.2, 0.25) is 0 Å². The van der Waals surface area contributed by atoms with Gasteiger partial charge in [-0.3, -0.25) is 0 Å². The molecule has 2 aliphatic carbocycles. The van der Waals surface area contributed by atoms with Crippen LogP contribution in [0.25, 0.3) is 46.6 Å². The molecule has 0 amide bonds. The van der Waals surface area contributed by atoms with Gasteiger partial charge < -0.3 is 0 Å². The number of fused-ring (bicyclic) bond motifs is 2. The van der Waals surface area contributed by atoms with Crippen molar-refractivity contribution in [2.24, 2.45) is 0 Å². The van der Waals surface area contributed by atoms with Gasteiger partial charge in [-0.1, -0.05) is 60.7 Å². The zero-order valence-electron chi connectivity index (χ0n) is 13.9. The van der Waals surface area contributed by atoms with Crippen molar-refractivity contribution in [3.8, 4) is 22.3 Å². The zero-order chi connectivity index (χ0) is 16.3. The molecule has 0 nitrogen and oxygen atoms in total. The van der Waals surface area contributed by atoms with Crippen LogP contribution in [-0.2, 0) is 0 Å². The lowest BCUT2D eigenvalue weighted by Crippen LogP contribution is -1.95. The van der Waals surface area contributed by atoms with Crippen LogP contribution in [0.2, 0.25) is 0 Å². The Morgan fingerprint density at radius 2 is 0.875 bits per heavy atom. The summed E-state index contributed by atoms with van der Waals surface area (Å²) in [5.41, 5.74) is 13.3. The monoisotopic (exact) mass is 306 g/mol. The van der Waals surface area contributed by atoms with Crippen LogP contribution in [0.3, 0.4) is 0 Å². The number of hydrogen-bond acceptors (Lipinski definition) is 0. The maximum atomic E-state index is 2.34. The Labute approximate surface area is 142 Å². The lowest BCUT2D eigenvalue weighted by atomic mass is 9.87. The van der Waals surface area contributed by atoms with Crippen molar-refractivity contribution in [3.05, 3.63) is 81.9 Å². The van der Waals surface area contributed by atoms with Gasteiger partial charge in [0.25, 0.3) is 0 Å². The molecule has 0 bridgehead atoms. The topological polar surface area (TPSA) is 0 Å². The maximum absolute atomic E-state index is 2.34. The second kappa shape index (κ2) is 4.82. The molecule has 0 fully saturated rings. The molecule has 0 aliphatic heterocycles. The Balaban J connectivity index is 1.61. The molecule has 3 aromatic carbocycles. The highest BCUT2D eigenvalue weighted by molar-refractivity contribution is 5.90. The predicted octanol–water partition coefficient (Wildman–Crippen LogP) is 6.61. The molecule has 0 radical (unpaired) electrons. The van der Waals surface area contributed by atoms with E-state index in [1.54, 1.807) is 0 Å². The molecule has 0 spiro atoms. The molecule has 2 aliphatic rings. The normalized spacial score (nSPS) is 13.1. The van der Waals surface area contributed by atoms with E-state index in [0.717, 1.165) is 0 Å². The molecule has 0 N–H and O–H groups in total. The van der Waals surface area contributed by atoms with E-state index in [4.69, 9.17) is 0 Å². The second-order valence-electron chi connectivity index (χ2n) is 6.84. The Hall–Kier alpha value is -2.86.